The molecule has 1 unspecified atom stereocenters. The summed E-state index contributed by atoms with van der Waals surface area (Å²) in [6.07, 6.45) is 1.86. The standard InChI is InChI=1S/C18H26N2O5/c21-16(22)7-6-15(12-14-4-2-1-3-5-14)20-17(23)19-13-18(24)8-10-25-11-9-18/h1-5,15,24H,6-13H2,(H,21,22)(H2,19,20,23). The van der Waals surface area contributed by atoms with Crippen molar-refractivity contribution >= 4 is 12.0 Å². The second-order valence-electron chi connectivity index (χ2n) is 6.48. The van der Waals surface area contributed by atoms with E-state index in [1.807, 2.05) is 30.3 Å². The first-order valence-corrected chi connectivity index (χ1v) is 8.57. The molecule has 7 heteroatoms. The minimum absolute atomic E-state index is 0.0148. The van der Waals surface area contributed by atoms with Gasteiger partial charge in [0.05, 0.1) is 5.60 Å². The molecule has 1 aromatic rings. The number of hydrogen-bond donors (Lipinski definition) is 4. The number of benzene rings is 1. The van der Waals surface area contributed by atoms with E-state index in [-0.39, 0.29) is 19.0 Å². The van der Waals surface area contributed by atoms with Gasteiger partial charge < -0.3 is 25.6 Å². The van der Waals surface area contributed by atoms with Gasteiger partial charge in [0.15, 0.2) is 0 Å². The van der Waals surface area contributed by atoms with Gasteiger partial charge in [-0.2, -0.15) is 0 Å². The quantitative estimate of drug-likeness (QED) is 0.565. The molecule has 138 valence electrons. The van der Waals surface area contributed by atoms with Crippen molar-refractivity contribution in [2.75, 3.05) is 19.8 Å². The number of ether oxygens (including phenoxy) is 1. The summed E-state index contributed by atoms with van der Waals surface area (Å²) in [5.41, 5.74) is 0.0900. The van der Waals surface area contributed by atoms with E-state index < -0.39 is 17.6 Å². The van der Waals surface area contributed by atoms with Crippen LogP contribution >= 0.6 is 0 Å². The van der Waals surface area contributed by atoms with E-state index in [2.05, 4.69) is 10.6 Å². The van der Waals surface area contributed by atoms with Crippen LogP contribution in [0.25, 0.3) is 0 Å². The summed E-state index contributed by atoms with van der Waals surface area (Å²) in [5, 5.41) is 24.8. The van der Waals surface area contributed by atoms with Crippen LogP contribution in [0.15, 0.2) is 30.3 Å². The predicted octanol–water partition coefficient (Wildman–Crippen LogP) is 1.30. The van der Waals surface area contributed by atoms with E-state index >= 15 is 0 Å². The van der Waals surface area contributed by atoms with Gasteiger partial charge in [-0.15, -0.1) is 0 Å². The first kappa shape index (κ1) is 19.2. The van der Waals surface area contributed by atoms with E-state index in [9.17, 15) is 14.7 Å². The van der Waals surface area contributed by atoms with Crippen molar-refractivity contribution in [2.24, 2.45) is 0 Å². The van der Waals surface area contributed by atoms with Crippen molar-refractivity contribution in [3.63, 3.8) is 0 Å². The van der Waals surface area contributed by atoms with E-state index in [0.717, 1.165) is 5.56 Å². The van der Waals surface area contributed by atoms with Gasteiger partial charge >= 0.3 is 12.0 Å². The Morgan fingerprint density at radius 1 is 1.20 bits per heavy atom. The molecule has 0 saturated carbocycles. The maximum Gasteiger partial charge on any atom is 0.315 e. The second kappa shape index (κ2) is 9.39. The number of carbonyl (C=O) groups is 2. The van der Waals surface area contributed by atoms with Crippen LogP contribution in [0.3, 0.4) is 0 Å². The molecule has 0 aromatic heterocycles. The highest BCUT2D eigenvalue weighted by Crippen LogP contribution is 2.19. The van der Waals surface area contributed by atoms with Gasteiger partial charge in [0, 0.05) is 45.1 Å². The molecule has 1 aliphatic heterocycles. The monoisotopic (exact) mass is 350 g/mol. The maximum atomic E-state index is 12.2. The highest BCUT2D eigenvalue weighted by Gasteiger charge is 2.30. The number of carboxylic acid groups (broad SMARTS) is 1. The van der Waals surface area contributed by atoms with Crippen molar-refractivity contribution in [2.45, 2.75) is 43.7 Å². The molecule has 1 saturated heterocycles. The lowest BCUT2D eigenvalue weighted by Gasteiger charge is -2.32. The molecule has 1 heterocycles. The fourth-order valence-corrected chi connectivity index (χ4v) is 2.83. The van der Waals surface area contributed by atoms with Crippen LogP contribution in [0.2, 0.25) is 0 Å². The Kier molecular flexibility index (Phi) is 7.21. The smallest absolute Gasteiger partial charge is 0.315 e. The third-order valence-corrected chi connectivity index (χ3v) is 4.37. The van der Waals surface area contributed by atoms with Crippen molar-refractivity contribution in [3.05, 3.63) is 35.9 Å². The Morgan fingerprint density at radius 2 is 1.88 bits per heavy atom. The molecular formula is C18H26N2O5. The molecule has 25 heavy (non-hydrogen) atoms. The lowest BCUT2D eigenvalue weighted by molar-refractivity contribution is -0.137. The summed E-state index contributed by atoms with van der Waals surface area (Å²) < 4.78 is 5.21. The number of hydrogen-bond acceptors (Lipinski definition) is 4. The topological polar surface area (TPSA) is 108 Å². The van der Waals surface area contributed by atoms with Crippen LogP contribution in [-0.4, -0.2) is 53.6 Å². The molecule has 0 bridgehead atoms. The number of nitrogens with one attached hydrogen (secondary N) is 2. The largest absolute Gasteiger partial charge is 0.481 e. The fraction of sp³-hybridized carbons (Fsp3) is 0.556. The molecule has 1 atom stereocenters. The van der Waals surface area contributed by atoms with Gasteiger partial charge in [-0.05, 0) is 18.4 Å². The number of carbonyl (C=O) groups excluding carboxylic acids is 1. The van der Waals surface area contributed by atoms with Crippen LogP contribution < -0.4 is 10.6 Å². The third kappa shape index (κ3) is 7.11. The van der Waals surface area contributed by atoms with Crippen LogP contribution in [-0.2, 0) is 16.0 Å². The highest BCUT2D eigenvalue weighted by atomic mass is 16.5. The zero-order valence-corrected chi connectivity index (χ0v) is 14.2. The molecule has 2 amide bonds. The maximum absolute atomic E-state index is 12.2. The van der Waals surface area contributed by atoms with E-state index in [0.29, 0.717) is 38.9 Å². The van der Waals surface area contributed by atoms with Gasteiger partial charge in [0.1, 0.15) is 0 Å². The summed E-state index contributed by atoms with van der Waals surface area (Å²) in [6, 6.07) is 8.92. The Bertz CT molecular complexity index is 558. The van der Waals surface area contributed by atoms with Crippen LogP contribution in [0.1, 0.15) is 31.2 Å². The number of amides is 2. The summed E-state index contributed by atoms with van der Waals surface area (Å²) in [7, 11) is 0. The van der Waals surface area contributed by atoms with Crippen molar-refractivity contribution < 1.29 is 24.5 Å². The Morgan fingerprint density at radius 3 is 2.52 bits per heavy atom. The van der Waals surface area contributed by atoms with E-state index in [4.69, 9.17) is 9.84 Å². The molecule has 2 rings (SSSR count). The molecule has 1 aromatic carbocycles. The van der Waals surface area contributed by atoms with Gasteiger partial charge in [0.2, 0.25) is 0 Å². The zero-order chi connectivity index (χ0) is 18.1. The SMILES string of the molecule is O=C(O)CCC(Cc1ccccc1)NC(=O)NCC1(O)CCOCC1. The molecule has 1 aliphatic rings. The number of urea groups is 1. The normalized spacial score (nSPS) is 17.5. The van der Waals surface area contributed by atoms with Crippen molar-refractivity contribution in [1.29, 1.82) is 0 Å². The summed E-state index contributed by atoms with van der Waals surface area (Å²) in [4.78, 5) is 23.0. The first-order chi connectivity index (χ1) is 12.0. The number of carboxylic acids is 1. The Balaban J connectivity index is 1.85. The van der Waals surface area contributed by atoms with E-state index in [1.54, 1.807) is 0 Å². The summed E-state index contributed by atoms with van der Waals surface area (Å²) >= 11 is 0. The summed E-state index contributed by atoms with van der Waals surface area (Å²) in [5.74, 6) is -0.892. The van der Waals surface area contributed by atoms with Crippen molar-refractivity contribution in [1.82, 2.24) is 10.6 Å². The molecule has 0 radical (unpaired) electrons. The predicted molar refractivity (Wildman–Crippen MR) is 92.3 cm³/mol. The average Bonchev–Trinajstić information content (AvgIpc) is 2.59. The zero-order valence-electron chi connectivity index (χ0n) is 14.2. The van der Waals surface area contributed by atoms with Gasteiger partial charge in [-0.25, -0.2) is 4.79 Å². The van der Waals surface area contributed by atoms with Crippen molar-refractivity contribution in [3.8, 4) is 0 Å². The van der Waals surface area contributed by atoms with Gasteiger partial charge in [-0.3, -0.25) is 4.79 Å². The fourth-order valence-electron chi connectivity index (χ4n) is 2.83. The lowest BCUT2D eigenvalue weighted by Crippen LogP contribution is -2.51. The first-order valence-electron chi connectivity index (χ1n) is 8.57. The molecule has 0 aliphatic carbocycles. The number of aliphatic hydroxyl groups is 1. The molecule has 0 spiro atoms. The minimum atomic E-state index is -0.939. The Hall–Kier alpha value is -2.12. The molecule has 4 N–H and O–H groups in total. The van der Waals surface area contributed by atoms with Gasteiger partial charge in [-0.1, -0.05) is 30.3 Å². The molecule has 7 nitrogen and oxygen atoms in total. The van der Waals surface area contributed by atoms with Crippen LogP contribution in [0.4, 0.5) is 4.79 Å². The third-order valence-electron chi connectivity index (χ3n) is 4.37. The minimum Gasteiger partial charge on any atom is -0.481 e. The molecular weight excluding hydrogens is 324 g/mol. The lowest BCUT2D eigenvalue weighted by atomic mass is 9.94. The molecule has 1 fully saturated rings. The summed E-state index contributed by atoms with van der Waals surface area (Å²) in [6.45, 7) is 1.11. The Labute approximate surface area is 147 Å². The van der Waals surface area contributed by atoms with E-state index in [1.165, 1.54) is 0 Å². The van der Waals surface area contributed by atoms with Gasteiger partial charge in [0.25, 0.3) is 0 Å². The second-order valence-corrected chi connectivity index (χ2v) is 6.48. The average molecular weight is 350 g/mol. The van der Waals surface area contributed by atoms with Crippen LogP contribution in [0.5, 0.6) is 0 Å². The number of aliphatic carboxylic acids is 1. The number of rotatable bonds is 8. The van der Waals surface area contributed by atoms with Crippen LogP contribution in [0, 0.1) is 0 Å². The highest BCUT2D eigenvalue weighted by molar-refractivity contribution is 5.74.